The summed E-state index contributed by atoms with van der Waals surface area (Å²) in [6.07, 6.45) is 3.56. The zero-order valence-electron chi connectivity index (χ0n) is 32.6. The summed E-state index contributed by atoms with van der Waals surface area (Å²) in [4.78, 5) is 92.8. The van der Waals surface area contributed by atoms with Crippen molar-refractivity contribution in [3.8, 4) is 0 Å². The second-order valence-electron chi connectivity index (χ2n) is 16.2. The van der Waals surface area contributed by atoms with Gasteiger partial charge < -0.3 is 31.1 Å². The summed E-state index contributed by atoms with van der Waals surface area (Å²) in [5.41, 5.74) is 0.165. The lowest BCUT2D eigenvalue weighted by Crippen LogP contribution is -2.61. The van der Waals surface area contributed by atoms with Crippen LogP contribution in [0.5, 0.6) is 0 Å². The molecule has 2 bridgehead atoms. The predicted molar refractivity (Wildman–Crippen MR) is 206 cm³/mol. The first-order chi connectivity index (χ1) is 25.6. The highest BCUT2D eigenvalue weighted by Crippen LogP contribution is 2.30. The van der Waals surface area contributed by atoms with Crippen molar-refractivity contribution >= 4 is 46.8 Å². The molecule has 4 heterocycles. The van der Waals surface area contributed by atoms with Gasteiger partial charge in [-0.15, -0.1) is 11.3 Å². The third-order valence-corrected chi connectivity index (χ3v) is 12.2. The largest absolute Gasteiger partial charge is 0.345 e. The summed E-state index contributed by atoms with van der Waals surface area (Å²) in [5, 5.41) is 14.2. The molecule has 2 fully saturated rings. The second kappa shape index (κ2) is 17.4. The summed E-state index contributed by atoms with van der Waals surface area (Å²) in [6, 6.07) is 4.21. The number of carbonyl (C=O) groups excluding carboxylic acids is 6. The minimum absolute atomic E-state index is 0.0446. The fourth-order valence-corrected chi connectivity index (χ4v) is 8.55. The molecule has 0 radical (unpaired) electrons. The van der Waals surface area contributed by atoms with Crippen molar-refractivity contribution in [3.63, 3.8) is 0 Å². The molecule has 1 aromatic heterocycles. The third kappa shape index (κ3) is 9.13. The van der Waals surface area contributed by atoms with Crippen LogP contribution >= 0.6 is 11.3 Å². The van der Waals surface area contributed by atoms with Crippen LogP contribution in [0.2, 0.25) is 0 Å². The van der Waals surface area contributed by atoms with Crippen LogP contribution in [0.15, 0.2) is 35.7 Å². The van der Waals surface area contributed by atoms with Crippen molar-refractivity contribution in [1.29, 1.82) is 0 Å². The lowest BCUT2D eigenvalue weighted by atomic mass is 9.85. The van der Waals surface area contributed by atoms with E-state index in [0.717, 1.165) is 12.0 Å². The maximum Gasteiger partial charge on any atom is 0.271 e. The number of amides is 6. The number of fused-ring (bicyclic) bond motifs is 4. The van der Waals surface area contributed by atoms with Crippen molar-refractivity contribution in [1.82, 2.24) is 36.1 Å². The van der Waals surface area contributed by atoms with Crippen LogP contribution in [0.25, 0.3) is 0 Å². The van der Waals surface area contributed by atoms with E-state index in [-0.39, 0.29) is 35.8 Å². The summed E-state index contributed by atoms with van der Waals surface area (Å²) in [7, 11) is 0. The SMILES string of the molecule is CC[C@H](C)[C@@H]1NC(=O)[C@@H]2CCCN2C(=O)[C@H](Cc2ccccc2)NC(=O)[C@H](C(C)(C)C)NC(=O)c2csc(n2)[C@H]([C@@H](C)CC)NC(=O)[C@@H]2CCCN2C1=O. The van der Waals surface area contributed by atoms with Gasteiger partial charge in [0, 0.05) is 24.9 Å². The Balaban J connectivity index is 1.57. The van der Waals surface area contributed by atoms with Gasteiger partial charge in [0.05, 0.1) is 6.04 Å². The topological polar surface area (TPSA) is 170 Å². The van der Waals surface area contributed by atoms with E-state index in [1.165, 1.54) is 16.2 Å². The molecule has 6 amide bonds. The number of thiazole rings is 1. The van der Waals surface area contributed by atoms with Gasteiger partial charge in [-0.3, -0.25) is 28.8 Å². The molecule has 0 aliphatic carbocycles. The van der Waals surface area contributed by atoms with Gasteiger partial charge in [0.15, 0.2) is 0 Å². The molecular formula is C40H57N7O6S. The lowest BCUT2D eigenvalue weighted by Gasteiger charge is -2.35. The van der Waals surface area contributed by atoms with E-state index in [4.69, 9.17) is 0 Å². The summed E-state index contributed by atoms with van der Waals surface area (Å²) < 4.78 is 0. The normalized spacial score (nSPS) is 27.5. The molecule has 2 aromatic rings. The van der Waals surface area contributed by atoms with Gasteiger partial charge in [0.2, 0.25) is 29.5 Å². The number of carbonyl (C=O) groups is 6. The number of rotatable bonds is 6. The molecule has 3 aliphatic rings. The number of benzene rings is 1. The van der Waals surface area contributed by atoms with E-state index in [2.05, 4.69) is 26.3 Å². The molecule has 1 aromatic carbocycles. The Hall–Kier alpha value is -4.33. The third-order valence-electron chi connectivity index (χ3n) is 11.3. The van der Waals surface area contributed by atoms with Crippen LogP contribution < -0.4 is 21.3 Å². The highest BCUT2D eigenvalue weighted by molar-refractivity contribution is 7.09. The Labute approximate surface area is 322 Å². The van der Waals surface area contributed by atoms with Gasteiger partial charge in [0.1, 0.15) is 40.9 Å². The predicted octanol–water partition coefficient (Wildman–Crippen LogP) is 3.75. The van der Waals surface area contributed by atoms with Crippen molar-refractivity contribution in [2.45, 2.75) is 130 Å². The summed E-state index contributed by atoms with van der Waals surface area (Å²) in [5.74, 6) is -2.88. The maximum absolute atomic E-state index is 14.5. The number of aromatic nitrogens is 1. The quantitative estimate of drug-likeness (QED) is 0.348. The van der Waals surface area contributed by atoms with E-state index in [1.807, 2.05) is 78.8 Å². The van der Waals surface area contributed by atoms with Crippen LogP contribution in [0.3, 0.4) is 0 Å². The zero-order valence-corrected chi connectivity index (χ0v) is 33.5. The molecule has 2 saturated heterocycles. The average Bonchev–Trinajstić information content (AvgIpc) is 3.95. The van der Waals surface area contributed by atoms with E-state index < -0.39 is 65.3 Å². The van der Waals surface area contributed by atoms with E-state index in [1.54, 1.807) is 10.3 Å². The van der Waals surface area contributed by atoms with Crippen LogP contribution in [-0.2, 0) is 30.4 Å². The van der Waals surface area contributed by atoms with Crippen molar-refractivity contribution < 1.29 is 28.8 Å². The standard InChI is InChI=1S/C40H57N7O6S/c1-8-23(3)30-37-42-27(22-54-37)33(48)45-32(40(5,6)7)36(51)41-26(21-25-15-11-10-12-16-25)38(52)46-19-13-17-28(46)35(50)44-31(24(4)9-2)39(53)47-20-14-18-29(47)34(49)43-30/h10-12,15-16,22-24,26,28-32H,8-9,13-14,17-21H2,1-7H3,(H,41,51)(H,43,49)(H,44,50)(H,45,48)/t23-,24-,26-,28-,29-,30-,31-,32+/m0/s1. The highest BCUT2D eigenvalue weighted by atomic mass is 32.1. The van der Waals surface area contributed by atoms with Crippen molar-refractivity contribution in [2.24, 2.45) is 17.3 Å². The second-order valence-corrected chi connectivity index (χ2v) is 17.1. The monoisotopic (exact) mass is 763 g/mol. The molecule has 54 heavy (non-hydrogen) atoms. The molecule has 4 N–H and O–H groups in total. The van der Waals surface area contributed by atoms with Gasteiger partial charge in [-0.25, -0.2) is 4.98 Å². The number of hydrogen-bond donors (Lipinski definition) is 4. The maximum atomic E-state index is 14.5. The lowest BCUT2D eigenvalue weighted by molar-refractivity contribution is -0.145. The minimum Gasteiger partial charge on any atom is -0.345 e. The molecular weight excluding hydrogens is 707 g/mol. The first-order valence-corrected chi connectivity index (χ1v) is 20.3. The average molecular weight is 764 g/mol. The fraction of sp³-hybridized carbons (Fsp3) is 0.625. The molecule has 8 atom stereocenters. The Morgan fingerprint density at radius 1 is 0.759 bits per heavy atom. The number of nitrogens with one attached hydrogen (secondary N) is 4. The Morgan fingerprint density at radius 3 is 1.89 bits per heavy atom. The molecule has 0 spiro atoms. The Morgan fingerprint density at radius 2 is 1.31 bits per heavy atom. The van der Waals surface area contributed by atoms with E-state index >= 15 is 0 Å². The molecule has 294 valence electrons. The number of hydrogen-bond acceptors (Lipinski definition) is 8. The summed E-state index contributed by atoms with van der Waals surface area (Å²) in [6.45, 7) is 14.0. The van der Waals surface area contributed by atoms with E-state index in [0.29, 0.717) is 50.2 Å². The Bertz CT molecular complexity index is 1690. The molecule has 5 rings (SSSR count). The molecule has 3 aliphatic heterocycles. The van der Waals surface area contributed by atoms with Gasteiger partial charge >= 0.3 is 0 Å². The van der Waals surface area contributed by atoms with E-state index in [9.17, 15) is 28.8 Å². The highest BCUT2D eigenvalue weighted by Gasteiger charge is 2.44. The molecule has 0 unspecified atom stereocenters. The van der Waals surface area contributed by atoms with Crippen LogP contribution in [0.1, 0.15) is 114 Å². The van der Waals surface area contributed by atoms with Gasteiger partial charge in [0.25, 0.3) is 5.91 Å². The summed E-state index contributed by atoms with van der Waals surface area (Å²) >= 11 is 1.25. The van der Waals surface area contributed by atoms with Crippen molar-refractivity contribution in [2.75, 3.05) is 13.1 Å². The Kier molecular flexibility index (Phi) is 13.2. The number of nitrogens with zero attached hydrogens (tertiary/aromatic N) is 3. The van der Waals surface area contributed by atoms with Gasteiger partial charge in [-0.2, -0.15) is 0 Å². The fourth-order valence-electron chi connectivity index (χ4n) is 7.57. The van der Waals surface area contributed by atoms with Gasteiger partial charge in [-0.1, -0.05) is 91.6 Å². The minimum atomic E-state index is -1.05. The van der Waals surface area contributed by atoms with Crippen LogP contribution in [-0.4, -0.2) is 93.5 Å². The first kappa shape index (κ1) is 40.8. The molecule has 13 nitrogen and oxygen atoms in total. The van der Waals surface area contributed by atoms with Crippen molar-refractivity contribution in [3.05, 3.63) is 52.0 Å². The van der Waals surface area contributed by atoms with Gasteiger partial charge in [-0.05, 0) is 48.5 Å². The van der Waals surface area contributed by atoms with Crippen LogP contribution in [0.4, 0.5) is 0 Å². The molecule has 0 saturated carbocycles. The van der Waals surface area contributed by atoms with Crippen LogP contribution in [0, 0.1) is 17.3 Å². The first-order valence-electron chi connectivity index (χ1n) is 19.5. The zero-order chi connectivity index (χ0) is 39.3. The smallest absolute Gasteiger partial charge is 0.271 e. The molecule has 14 heteroatoms.